The highest BCUT2D eigenvalue weighted by molar-refractivity contribution is 7.98. The van der Waals surface area contributed by atoms with E-state index in [2.05, 4.69) is 10.2 Å². The van der Waals surface area contributed by atoms with Gasteiger partial charge in [0.15, 0.2) is 0 Å². The molecule has 1 saturated heterocycles. The SMILES string of the molecule is CSCC[C@H](N)C(=O)NC1CCN(CCOc2ccc(Cl)cc2)CC1.Cl. The fourth-order valence-electron chi connectivity index (χ4n) is 2.81. The number of likely N-dealkylation sites (tertiary alicyclic amines) is 1. The molecule has 1 amide bonds. The molecule has 1 fully saturated rings. The fourth-order valence-corrected chi connectivity index (χ4v) is 3.42. The molecular formula is C18H29Cl2N3O2S. The zero-order chi connectivity index (χ0) is 18.1. The molecule has 0 unspecified atom stereocenters. The first-order chi connectivity index (χ1) is 12.1. The normalized spacial score (nSPS) is 16.6. The Morgan fingerprint density at radius 3 is 2.65 bits per heavy atom. The number of piperidine rings is 1. The highest BCUT2D eigenvalue weighted by atomic mass is 35.5. The third-order valence-electron chi connectivity index (χ3n) is 4.39. The van der Waals surface area contributed by atoms with Crippen molar-refractivity contribution in [3.63, 3.8) is 0 Å². The maximum Gasteiger partial charge on any atom is 0.237 e. The van der Waals surface area contributed by atoms with Gasteiger partial charge in [-0.15, -0.1) is 12.4 Å². The van der Waals surface area contributed by atoms with Crippen LogP contribution in [0.1, 0.15) is 19.3 Å². The van der Waals surface area contributed by atoms with Gasteiger partial charge in [-0.2, -0.15) is 11.8 Å². The number of hydrogen-bond acceptors (Lipinski definition) is 5. The monoisotopic (exact) mass is 421 g/mol. The summed E-state index contributed by atoms with van der Waals surface area (Å²) >= 11 is 7.57. The Morgan fingerprint density at radius 1 is 1.38 bits per heavy atom. The van der Waals surface area contributed by atoms with Crippen LogP contribution in [0.5, 0.6) is 5.75 Å². The topological polar surface area (TPSA) is 67.6 Å². The minimum absolute atomic E-state index is 0. The van der Waals surface area contributed by atoms with Crippen LogP contribution in [0.25, 0.3) is 0 Å². The van der Waals surface area contributed by atoms with Crippen molar-refractivity contribution in [1.29, 1.82) is 0 Å². The maximum absolute atomic E-state index is 12.1. The van der Waals surface area contributed by atoms with Crippen molar-refractivity contribution in [2.24, 2.45) is 5.73 Å². The molecule has 5 nitrogen and oxygen atoms in total. The van der Waals surface area contributed by atoms with E-state index in [4.69, 9.17) is 22.1 Å². The molecule has 1 aliphatic rings. The van der Waals surface area contributed by atoms with Crippen molar-refractivity contribution < 1.29 is 9.53 Å². The third-order valence-corrected chi connectivity index (χ3v) is 5.29. The van der Waals surface area contributed by atoms with E-state index in [1.54, 1.807) is 11.8 Å². The number of nitrogens with one attached hydrogen (secondary N) is 1. The number of carbonyl (C=O) groups is 1. The van der Waals surface area contributed by atoms with Crippen LogP contribution in [0, 0.1) is 0 Å². The van der Waals surface area contributed by atoms with Gasteiger partial charge >= 0.3 is 0 Å². The van der Waals surface area contributed by atoms with E-state index in [0.29, 0.717) is 11.6 Å². The molecule has 3 N–H and O–H groups in total. The van der Waals surface area contributed by atoms with Gasteiger partial charge in [-0.05, 0) is 55.5 Å². The predicted molar refractivity (Wildman–Crippen MR) is 113 cm³/mol. The van der Waals surface area contributed by atoms with Crippen molar-refractivity contribution >= 4 is 41.7 Å². The van der Waals surface area contributed by atoms with E-state index in [0.717, 1.165) is 50.4 Å². The largest absolute Gasteiger partial charge is 0.492 e. The quantitative estimate of drug-likeness (QED) is 0.641. The Bertz CT molecular complexity index is 526. The van der Waals surface area contributed by atoms with Gasteiger partial charge in [0.1, 0.15) is 12.4 Å². The molecule has 8 heteroatoms. The lowest BCUT2D eigenvalue weighted by molar-refractivity contribution is -0.123. The van der Waals surface area contributed by atoms with E-state index in [1.807, 2.05) is 30.5 Å². The molecule has 1 aliphatic heterocycles. The summed E-state index contributed by atoms with van der Waals surface area (Å²) in [5.41, 5.74) is 5.92. The Hall–Kier alpha value is -0.660. The predicted octanol–water partition coefficient (Wildman–Crippen LogP) is 2.80. The zero-order valence-corrected chi connectivity index (χ0v) is 17.5. The lowest BCUT2D eigenvalue weighted by Gasteiger charge is -2.32. The number of carbonyl (C=O) groups excluding carboxylic acids is 1. The van der Waals surface area contributed by atoms with Gasteiger partial charge in [-0.3, -0.25) is 9.69 Å². The second-order valence-electron chi connectivity index (χ2n) is 6.31. The summed E-state index contributed by atoms with van der Waals surface area (Å²) < 4.78 is 5.74. The van der Waals surface area contributed by atoms with E-state index in [9.17, 15) is 4.79 Å². The molecule has 1 aromatic carbocycles. The van der Waals surface area contributed by atoms with Crippen molar-refractivity contribution in [2.75, 3.05) is 38.2 Å². The number of thioether (sulfide) groups is 1. The molecule has 1 atom stereocenters. The smallest absolute Gasteiger partial charge is 0.237 e. The average Bonchev–Trinajstić information content (AvgIpc) is 2.62. The van der Waals surface area contributed by atoms with Crippen LogP contribution in [0.15, 0.2) is 24.3 Å². The van der Waals surface area contributed by atoms with Crippen LogP contribution < -0.4 is 15.8 Å². The van der Waals surface area contributed by atoms with E-state index in [-0.39, 0.29) is 24.4 Å². The Labute approximate surface area is 171 Å². The molecule has 26 heavy (non-hydrogen) atoms. The summed E-state index contributed by atoms with van der Waals surface area (Å²) in [6.07, 6.45) is 4.68. The minimum Gasteiger partial charge on any atom is -0.492 e. The maximum atomic E-state index is 12.1. The second kappa shape index (κ2) is 12.7. The number of benzene rings is 1. The van der Waals surface area contributed by atoms with Gasteiger partial charge in [0.25, 0.3) is 0 Å². The van der Waals surface area contributed by atoms with Crippen molar-refractivity contribution in [3.8, 4) is 5.75 Å². The molecule has 0 aromatic heterocycles. The second-order valence-corrected chi connectivity index (χ2v) is 7.74. The number of nitrogens with two attached hydrogens (primary N) is 1. The first kappa shape index (κ1) is 23.4. The summed E-state index contributed by atoms with van der Waals surface area (Å²) in [5.74, 6) is 1.74. The number of amides is 1. The van der Waals surface area contributed by atoms with Crippen LogP contribution in [-0.2, 0) is 4.79 Å². The van der Waals surface area contributed by atoms with E-state index in [1.165, 1.54) is 0 Å². The third kappa shape index (κ3) is 8.35. The van der Waals surface area contributed by atoms with E-state index >= 15 is 0 Å². The number of halogens is 2. The number of hydrogen-bond donors (Lipinski definition) is 2. The molecule has 0 saturated carbocycles. The standard InChI is InChI=1S/C18H28ClN3O2S.ClH/c1-25-13-8-17(20)18(23)21-15-6-9-22(10-7-15)11-12-24-16-4-2-14(19)3-5-16;/h2-5,15,17H,6-13,20H2,1H3,(H,21,23);1H/t17-;/m0./s1. The molecular weight excluding hydrogens is 393 g/mol. The van der Waals surface area contributed by atoms with Crippen LogP contribution in [0.2, 0.25) is 5.02 Å². The van der Waals surface area contributed by atoms with Gasteiger partial charge in [0.2, 0.25) is 5.91 Å². The highest BCUT2D eigenvalue weighted by Gasteiger charge is 2.22. The fraction of sp³-hybridized carbons (Fsp3) is 0.611. The molecule has 148 valence electrons. The first-order valence-corrected chi connectivity index (χ1v) is 10.5. The summed E-state index contributed by atoms with van der Waals surface area (Å²) in [7, 11) is 0. The molecule has 2 rings (SSSR count). The highest BCUT2D eigenvalue weighted by Crippen LogP contribution is 2.16. The first-order valence-electron chi connectivity index (χ1n) is 8.74. The Morgan fingerprint density at radius 2 is 2.04 bits per heavy atom. The Balaban J connectivity index is 0.00000338. The van der Waals surface area contributed by atoms with E-state index < -0.39 is 6.04 Å². The summed E-state index contributed by atoms with van der Waals surface area (Å²) in [6, 6.07) is 7.26. The molecule has 0 radical (unpaired) electrons. The minimum atomic E-state index is -0.391. The van der Waals surface area contributed by atoms with Gasteiger partial charge in [0, 0.05) is 30.7 Å². The number of rotatable bonds is 9. The van der Waals surface area contributed by atoms with Crippen molar-refractivity contribution in [1.82, 2.24) is 10.2 Å². The van der Waals surface area contributed by atoms with Crippen molar-refractivity contribution in [2.45, 2.75) is 31.3 Å². The summed E-state index contributed by atoms with van der Waals surface area (Å²) in [4.78, 5) is 14.4. The van der Waals surface area contributed by atoms with Gasteiger partial charge in [-0.25, -0.2) is 0 Å². The van der Waals surface area contributed by atoms with Crippen LogP contribution in [0.4, 0.5) is 0 Å². The summed E-state index contributed by atoms with van der Waals surface area (Å²) in [6.45, 7) is 3.47. The van der Waals surface area contributed by atoms with Gasteiger partial charge < -0.3 is 15.8 Å². The molecule has 0 spiro atoms. The summed E-state index contributed by atoms with van der Waals surface area (Å²) in [5, 5.41) is 3.80. The van der Waals surface area contributed by atoms with Crippen molar-refractivity contribution in [3.05, 3.63) is 29.3 Å². The Kier molecular flexibility index (Phi) is 11.4. The molecule has 1 aromatic rings. The van der Waals surface area contributed by atoms with Gasteiger partial charge in [-0.1, -0.05) is 11.6 Å². The molecule has 1 heterocycles. The molecule has 0 aliphatic carbocycles. The van der Waals surface area contributed by atoms with Gasteiger partial charge in [0.05, 0.1) is 6.04 Å². The number of ether oxygens (including phenoxy) is 1. The number of nitrogens with zero attached hydrogens (tertiary/aromatic N) is 1. The zero-order valence-electron chi connectivity index (χ0n) is 15.2. The average molecular weight is 422 g/mol. The lowest BCUT2D eigenvalue weighted by atomic mass is 10.0. The van der Waals surface area contributed by atoms with Crippen LogP contribution in [-0.4, -0.2) is 61.1 Å². The lowest BCUT2D eigenvalue weighted by Crippen LogP contribution is -2.50. The van der Waals surface area contributed by atoms with Crippen LogP contribution >= 0.6 is 35.8 Å². The molecule has 0 bridgehead atoms. The van der Waals surface area contributed by atoms with Crippen LogP contribution in [0.3, 0.4) is 0 Å².